The number of thiazole rings is 2. The molecule has 6 aromatic rings. The highest BCUT2D eigenvalue weighted by Crippen LogP contribution is 2.26. The van der Waals surface area contributed by atoms with Crippen molar-refractivity contribution in [1.29, 1.82) is 0 Å². The second-order valence-corrected chi connectivity index (χ2v) is 14.9. The zero-order valence-corrected chi connectivity index (χ0v) is 28.3. The van der Waals surface area contributed by atoms with Gasteiger partial charge < -0.3 is 8.83 Å². The van der Waals surface area contributed by atoms with Crippen LogP contribution >= 0.6 is 22.7 Å². The van der Waals surface area contributed by atoms with Gasteiger partial charge in [-0.1, -0.05) is 0 Å². The van der Waals surface area contributed by atoms with Crippen LogP contribution in [0.4, 0.5) is 10.3 Å². The Kier molecular flexibility index (Phi) is 9.94. The number of amides is 2. The van der Waals surface area contributed by atoms with Crippen LogP contribution in [0.3, 0.4) is 0 Å². The molecule has 0 saturated carbocycles. The van der Waals surface area contributed by atoms with Crippen molar-refractivity contribution in [3.05, 3.63) is 107 Å². The standard InChI is InChI=1S/C30H22N8O8S4/c39-27(35-33-17-21-5-11-25(45-21)19-1-7-23(8-2-19)49(41,42)37-29-31-13-15-47-29)28(40)36-34-18-22-6-12-26(46-22)20-3-9-24(10-4-20)50(43,44)38-30-32-14-16-48-30/h1-18H,(H,31,37)(H,32,38)(H,35,39)(H,36,40)/b33-17+,34-18?. The maximum absolute atomic E-state index is 12.5. The van der Waals surface area contributed by atoms with E-state index in [-0.39, 0.29) is 31.6 Å². The molecule has 6 rings (SSSR count). The molecule has 20 heteroatoms. The number of benzene rings is 2. The summed E-state index contributed by atoms with van der Waals surface area (Å²) >= 11 is 2.32. The smallest absolute Gasteiger partial charge is 0.331 e. The third kappa shape index (κ3) is 8.36. The van der Waals surface area contributed by atoms with Crippen LogP contribution in [-0.2, 0) is 29.6 Å². The first-order valence-electron chi connectivity index (χ1n) is 14.0. The van der Waals surface area contributed by atoms with E-state index in [4.69, 9.17) is 8.83 Å². The van der Waals surface area contributed by atoms with Gasteiger partial charge in [-0.2, -0.15) is 10.2 Å². The summed E-state index contributed by atoms with van der Waals surface area (Å²) in [6, 6.07) is 18.4. The maximum Gasteiger partial charge on any atom is 0.331 e. The van der Waals surface area contributed by atoms with Crippen LogP contribution in [0, 0.1) is 0 Å². The van der Waals surface area contributed by atoms with Crippen molar-refractivity contribution in [1.82, 2.24) is 20.8 Å². The van der Waals surface area contributed by atoms with Crippen LogP contribution < -0.4 is 20.3 Å². The molecule has 0 aliphatic carbocycles. The molecule has 254 valence electrons. The molecule has 0 saturated heterocycles. The largest absolute Gasteiger partial charge is 0.455 e. The third-order valence-electron chi connectivity index (χ3n) is 6.38. The SMILES string of the molecule is O=C(NN=Cc1ccc(-c2ccc(S(=O)(=O)Nc3nccs3)cc2)o1)C(=O)N/N=C/c1ccc(-c2ccc(S(=O)(=O)Nc3nccs3)cc2)o1. The fourth-order valence-corrected chi connectivity index (χ4v) is 7.63. The van der Waals surface area contributed by atoms with Crippen molar-refractivity contribution >= 4 is 77.2 Å². The third-order valence-corrected chi connectivity index (χ3v) is 10.7. The van der Waals surface area contributed by atoms with Gasteiger partial charge in [0.25, 0.3) is 20.0 Å². The van der Waals surface area contributed by atoms with Gasteiger partial charge in [0.05, 0.1) is 22.2 Å². The van der Waals surface area contributed by atoms with Gasteiger partial charge in [0.1, 0.15) is 23.0 Å². The van der Waals surface area contributed by atoms with Crippen molar-refractivity contribution in [3.8, 4) is 22.6 Å². The Labute approximate surface area is 291 Å². The predicted octanol–water partition coefficient (Wildman–Crippen LogP) is 4.32. The molecule has 50 heavy (non-hydrogen) atoms. The molecule has 0 radical (unpaired) electrons. The van der Waals surface area contributed by atoms with Gasteiger partial charge in [-0.25, -0.2) is 37.7 Å². The van der Waals surface area contributed by atoms with E-state index in [0.717, 1.165) is 22.7 Å². The van der Waals surface area contributed by atoms with E-state index < -0.39 is 31.9 Å². The number of sulfonamides is 2. The minimum Gasteiger partial charge on any atom is -0.455 e. The molecule has 0 aliphatic rings. The molecule has 0 fully saturated rings. The molecule has 16 nitrogen and oxygen atoms in total. The molecule has 4 heterocycles. The number of hydrazone groups is 2. The van der Waals surface area contributed by atoms with Crippen LogP contribution in [0.25, 0.3) is 22.6 Å². The molecular weight excluding hydrogens is 729 g/mol. The Bertz CT molecular complexity index is 2210. The summed E-state index contributed by atoms with van der Waals surface area (Å²) in [6.07, 6.45) is 5.34. The van der Waals surface area contributed by atoms with Gasteiger partial charge in [0, 0.05) is 34.3 Å². The van der Waals surface area contributed by atoms with Gasteiger partial charge in [-0.05, 0) is 72.8 Å². The van der Waals surface area contributed by atoms with Crippen molar-refractivity contribution < 1.29 is 35.3 Å². The number of carbonyl (C=O) groups excluding carboxylic acids is 2. The van der Waals surface area contributed by atoms with Gasteiger partial charge in [-0.3, -0.25) is 19.0 Å². The van der Waals surface area contributed by atoms with Crippen LogP contribution in [-0.4, -0.2) is 51.0 Å². The highest BCUT2D eigenvalue weighted by atomic mass is 32.2. The summed E-state index contributed by atoms with van der Waals surface area (Å²) in [5.74, 6) is -0.892. The number of aromatic nitrogens is 2. The van der Waals surface area contributed by atoms with Crippen molar-refractivity contribution in [3.63, 3.8) is 0 Å². The average molecular weight is 751 g/mol. The summed E-state index contributed by atoms with van der Waals surface area (Å²) in [5.41, 5.74) is 5.29. The number of hydrogen-bond donors (Lipinski definition) is 4. The lowest BCUT2D eigenvalue weighted by molar-refractivity contribution is -0.139. The zero-order chi connectivity index (χ0) is 35.1. The van der Waals surface area contributed by atoms with Crippen molar-refractivity contribution in [2.75, 3.05) is 9.44 Å². The Morgan fingerprint density at radius 3 is 1.36 bits per heavy atom. The van der Waals surface area contributed by atoms with E-state index in [2.05, 4.69) is 40.5 Å². The van der Waals surface area contributed by atoms with Crippen LogP contribution in [0.5, 0.6) is 0 Å². The molecule has 0 atom stereocenters. The first kappa shape index (κ1) is 33.9. The molecule has 0 unspecified atom stereocenters. The summed E-state index contributed by atoms with van der Waals surface area (Å²) in [4.78, 5) is 32.2. The second-order valence-electron chi connectivity index (χ2n) is 9.74. The maximum atomic E-state index is 12.5. The summed E-state index contributed by atoms with van der Waals surface area (Å²) in [7, 11) is -7.61. The Balaban J connectivity index is 0.970. The molecule has 0 spiro atoms. The average Bonchev–Trinajstić information content (AvgIpc) is 3.94. The highest BCUT2D eigenvalue weighted by molar-refractivity contribution is 7.93. The lowest BCUT2D eigenvalue weighted by atomic mass is 10.2. The fourth-order valence-electron chi connectivity index (χ4n) is 4.06. The molecular formula is C30H22N8O8S4. The van der Waals surface area contributed by atoms with Gasteiger partial charge in [0.2, 0.25) is 0 Å². The van der Waals surface area contributed by atoms with Crippen LogP contribution in [0.15, 0.2) is 125 Å². The Morgan fingerprint density at radius 2 is 1.00 bits per heavy atom. The van der Waals surface area contributed by atoms with Crippen molar-refractivity contribution in [2.24, 2.45) is 10.2 Å². The fraction of sp³-hybridized carbons (Fsp3) is 0. The Hall–Kier alpha value is -5.96. The first-order valence-corrected chi connectivity index (χ1v) is 18.7. The van der Waals surface area contributed by atoms with E-state index in [0.29, 0.717) is 22.6 Å². The predicted molar refractivity (Wildman–Crippen MR) is 186 cm³/mol. The molecule has 2 amide bonds. The highest BCUT2D eigenvalue weighted by Gasteiger charge is 2.18. The zero-order valence-electron chi connectivity index (χ0n) is 25.1. The normalized spacial score (nSPS) is 11.9. The summed E-state index contributed by atoms with van der Waals surface area (Å²) in [5, 5.41) is 11.2. The molecule has 4 N–H and O–H groups in total. The molecule has 0 bridgehead atoms. The van der Waals surface area contributed by atoms with E-state index in [9.17, 15) is 26.4 Å². The van der Waals surface area contributed by atoms with Crippen LogP contribution in [0.2, 0.25) is 0 Å². The van der Waals surface area contributed by atoms with Gasteiger partial charge in [-0.15, -0.1) is 22.7 Å². The van der Waals surface area contributed by atoms with E-state index in [1.54, 1.807) is 59.3 Å². The minimum absolute atomic E-state index is 0.0449. The number of furan rings is 2. The molecule has 2 aromatic carbocycles. The number of anilines is 2. The molecule has 0 aliphatic heterocycles. The number of hydrogen-bond acceptors (Lipinski definition) is 14. The van der Waals surface area contributed by atoms with E-state index in [1.807, 2.05) is 0 Å². The lowest BCUT2D eigenvalue weighted by Gasteiger charge is -2.05. The summed E-state index contributed by atoms with van der Waals surface area (Å²) in [6.45, 7) is 0. The number of rotatable bonds is 12. The van der Waals surface area contributed by atoms with Gasteiger partial charge >= 0.3 is 11.8 Å². The topological polar surface area (TPSA) is 227 Å². The van der Waals surface area contributed by atoms with E-state index in [1.165, 1.54) is 49.1 Å². The molecule has 4 aromatic heterocycles. The van der Waals surface area contributed by atoms with Gasteiger partial charge in [0.15, 0.2) is 10.3 Å². The van der Waals surface area contributed by atoms with Crippen molar-refractivity contribution in [2.45, 2.75) is 9.79 Å². The summed E-state index contributed by atoms with van der Waals surface area (Å²) < 4.78 is 66.3. The monoisotopic (exact) mass is 750 g/mol. The first-order chi connectivity index (χ1) is 24.1. The Morgan fingerprint density at radius 1 is 0.600 bits per heavy atom. The quantitative estimate of drug-likeness (QED) is 0.0787. The minimum atomic E-state index is -3.80. The van der Waals surface area contributed by atoms with E-state index >= 15 is 0 Å². The lowest BCUT2D eigenvalue weighted by Crippen LogP contribution is -2.35. The number of nitrogens with one attached hydrogen (secondary N) is 4. The second kappa shape index (κ2) is 14.7. The number of carbonyl (C=O) groups is 2. The van der Waals surface area contributed by atoms with Crippen LogP contribution in [0.1, 0.15) is 11.5 Å². The number of nitrogens with zero attached hydrogens (tertiary/aromatic N) is 4.